The molecule has 0 aliphatic rings. The fraction of sp³-hybridized carbons (Fsp3) is 1.00. The van der Waals surface area contributed by atoms with E-state index in [4.69, 9.17) is 99.5 Å². The van der Waals surface area contributed by atoms with E-state index in [-0.39, 0.29) is 0 Å². The van der Waals surface area contributed by atoms with E-state index >= 15 is 0 Å². The summed E-state index contributed by atoms with van der Waals surface area (Å²) in [6.45, 7) is 20.6. The van der Waals surface area contributed by atoms with Crippen LogP contribution in [0.15, 0.2) is 0 Å². The molecule has 0 spiro atoms. The number of methoxy groups -OCH3 is 2. The maximum atomic E-state index is 5.51. The van der Waals surface area contributed by atoms with Gasteiger partial charge in [-0.25, -0.2) is 0 Å². The highest BCUT2D eigenvalue weighted by molar-refractivity contribution is 4.41. The first-order valence-corrected chi connectivity index (χ1v) is 22.4. The minimum Gasteiger partial charge on any atom is -0.382 e. The number of ether oxygens (including phenoxy) is 21. The molecule has 0 unspecified atom stereocenters. The summed E-state index contributed by atoms with van der Waals surface area (Å²) < 4.78 is 114. The van der Waals surface area contributed by atoms with E-state index in [0.29, 0.717) is 264 Å². The van der Waals surface area contributed by atoms with Gasteiger partial charge in [-0.2, -0.15) is 0 Å². The monoisotopic (exact) mass is 927 g/mol. The lowest BCUT2D eigenvalue weighted by Gasteiger charge is -2.09. The highest BCUT2D eigenvalue weighted by Gasteiger charge is 1.99. The van der Waals surface area contributed by atoms with E-state index in [2.05, 4.69) is 0 Å². The predicted molar refractivity (Wildman–Crippen MR) is 229 cm³/mol. The Morgan fingerprint density at radius 3 is 0.238 bits per heavy atom. The second kappa shape index (κ2) is 61.2. The third-order valence-electron chi connectivity index (χ3n) is 7.56. The molecule has 0 rings (SSSR count). The quantitative estimate of drug-likeness (QED) is 0.0769. The highest BCUT2D eigenvalue weighted by atomic mass is 16.6. The molecule has 0 aromatic carbocycles. The fourth-order valence-electron chi connectivity index (χ4n) is 4.35. The second-order valence-electron chi connectivity index (χ2n) is 12.6. The van der Waals surface area contributed by atoms with Gasteiger partial charge in [0.2, 0.25) is 0 Å². The minimum atomic E-state index is 0.494. The maximum Gasteiger partial charge on any atom is 0.0701 e. The SMILES string of the molecule is COCCOCCOCCOCCOCCOCCOCCOCCOCCOCCOCCOCCOCCOCCOCCOCCOCCOCCOCCOCCOC. The van der Waals surface area contributed by atoms with Gasteiger partial charge in [0.1, 0.15) is 0 Å². The molecule has 0 heterocycles. The van der Waals surface area contributed by atoms with Gasteiger partial charge in [0.25, 0.3) is 0 Å². The summed E-state index contributed by atoms with van der Waals surface area (Å²) in [6.07, 6.45) is 0. The number of rotatable bonds is 60. The van der Waals surface area contributed by atoms with Crippen molar-refractivity contribution in [3.05, 3.63) is 0 Å². The Labute approximate surface area is 377 Å². The van der Waals surface area contributed by atoms with Crippen molar-refractivity contribution in [1.29, 1.82) is 0 Å². The molecule has 0 saturated carbocycles. The fourth-order valence-corrected chi connectivity index (χ4v) is 4.35. The van der Waals surface area contributed by atoms with Gasteiger partial charge < -0.3 is 99.5 Å². The van der Waals surface area contributed by atoms with Crippen molar-refractivity contribution in [3.8, 4) is 0 Å². The molecule has 0 saturated heterocycles. The Balaban J connectivity index is 3.06. The summed E-state index contributed by atoms with van der Waals surface area (Å²) >= 11 is 0. The molecular weight excluding hydrogens is 840 g/mol. The van der Waals surface area contributed by atoms with Crippen LogP contribution in [0.25, 0.3) is 0 Å². The first-order chi connectivity index (χ1) is 31.4. The largest absolute Gasteiger partial charge is 0.382 e. The minimum absolute atomic E-state index is 0.494. The van der Waals surface area contributed by atoms with Crippen LogP contribution >= 0.6 is 0 Å². The third-order valence-corrected chi connectivity index (χ3v) is 7.56. The zero-order valence-corrected chi connectivity index (χ0v) is 38.9. The lowest BCUT2D eigenvalue weighted by atomic mass is 10.6. The smallest absolute Gasteiger partial charge is 0.0701 e. The summed E-state index contributed by atoms with van der Waals surface area (Å²) in [5.41, 5.74) is 0. The molecule has 0 radical (unpaired) electrons. The average Bonchev–Trinajstić information content (AvgIpc) is 3.29. The molecule has 0 N–H and O–H groups in total. The van der Waals surface area contributed by atoms with Crippen molar-refractivity contribution in [2.45, 2.75) is 0 Å². The molecule has 0 aliphatic heterocycles. The topological polar surface area (TPSA) is 194 Å². The van der Waals surface area contributed by atoms with Crippen LogP contribution in [0.2, 0.25) is 0 Å². The van der Waals surface area contributed by atoms with Gasteiger partial charge >= 0.3 is 0 Å². The summed E-state index contributed by atoms with van der Waals surface area (Å²) in [6, 6.07) is 0. The Morgan fingerprint density at radius 2 is 0.175 bits per heavy atom. The molecule has 0 atom stereocenters. The van der Waals surface area contributed by atoms with Gasteiger partial charge in [0.05, 0.1) is 264 Å². The lowest BCUT2D eigenvalue weighted by molar-refractivity contribution is -0.0314. The first kappa shape index (κ1) is 62.2. The van der Waals surface area contributed by atoms with E-state index in [9.17, 15) is 0 Å². The zero-order valence-electron chi connectivity index (χ0n) is 38.9. The highest BCUT2D eigenvalue weighted by Crippen LogP contribution is 1.90. The van der Waals surface area contributed by atoms with Crippen LogP contribution in [-0.4, -0.2) is 278 Å². The van der Waals surface area contributed by atoms with Gasteiger partial charge in [0.15, 0.2) is 0 Å². The van der Waals surface area contributed by atoms with Crippen LogP contribution in [0.5, 0.6) is 0 Å². The van der Waals surface area contributed by atoms with E-state index in [0.717, 1.165) is 0 Å². The van der Waals surface area contributed by atoms with Crippen molar-refractivity contribution in [2.75, 3.05) is 278 Å². The summed E-state index contributed by atoms with van der Waals surface area (Å²) in [7, 11) is 3.29. The standard InChI is InChI=1S/C42H86O21/c1-43-3-5-45-7-9-47-11-13-49-15-17-51-19-21-53-23-25-55-27-29-57-31-33-59-35-37-61-39-41-63-42-40-62-38-36-60-34-32-58-30-28-56-26-24-54-22-20-52-18-16-50-14-12-48-10-8-46-6-4-44-2/h3-42H2,1-2H3. The Morgan fingerprint density at radius 1 is 0.111 bits per heavy atom. The van der Waals surface area contributed by atoms with E-state index in [1.807, 2.05) is 0 Å². The number of hydrogen-bond donors (Lipinski definition) is 0. The molecule has 21 heteroatoms. The Bertz CT molecular complexity index is 721. The van der Waals surface area contributed by atoms with Crippen LogP contribution < -0.4 is 0 Å². The summed E-state index contributed by atoms with van der Waals surface area (Å²) in [5.74, 6) is 0. The van der Waals surface area contributed by atoms with Crippen LogP contribution in [0.4, 0.5) is 0 Å². The average molecular weight is 927 g/mol. The van der Waals surface area contributed by atoms with E-state index in [1.165, 1.54) is 0 Å². The first-order valence-electron chi connectivity index (χ1n) is 22.4. The summed E-state index contributed by atoms with van der Waals surface area (Å²) in [4.78, 5) is 0. The molecule has 0 aromatic rings. The van der Waals surface area contributed by atoms with Gasteiger partial charge in [-0.1, -0.05) is 0 Å². The number of hydrogen-bond acceptors (Lipinski definition) is 21. The van der Waals surface area contributed by atoms with Crippen LogP contribution in [0.1, 0.15) is 0 Å². The van der Waals surface area contributed by atoms with Gasteiger partial charge in [-0.05, 0) is 0 Å². The van der Waals surface area contributed by atoms with Crippen molar-refractivity contribution >= 4 is 0 Å². The van der Waals surface area contributed by atoms with E-state index in [1.54, 1.807) is 14.2 Å². The van der Waals surface area contributed by atoms with Crippen molar-refractivity contribution in [3.63, 3.8) is 0 Å². The molecule has 63 heavy (non-hydrogen) atoms. The molecular formula is C42H86O21. The van der Waals surface area contributed by atoms with Crippen molar-refractivity contribution in [1.82, 2.24) is 0 Å². The molecule has 21 nitrogen and oxygen atoms in total. The predicted octanol–water partition coefficient (Wildman–Crippen LogP) is 0.595. The third kappa shape index (κ3) is 61.2. The lowest BCUT2D eigenvalue weighted by Crippen LogP contribution is -2.16. The van der Waals surface area contributed by atoms with Gasteiger partial charge in [-0.15, -0.1) is 0 Å². The van der Waals surface area contributed by atoms with E-state index < -0.39 is 0 Å². The second-order valence-corrected chi connectivity index (χ2v) is 12.6. The maximum absolute atomic E-state index is 5.51. The summed E-state index contributed by atoms with van der Waals surface area (Å²) in [5, 5.41) is 0. The normalized spacial score (nSPS) is 11.7. The molecule has 0 amide bonds. The van der Waals surface area contributed by atoms with Crippen molar-refractivity contribution in [2.24, 2.45) is 0 Å². The molecule has 380 valence electrons. The Kier molecular flexibility index (Phi) is 60.3. The van der Waals surface area contributed by atoms with Crippen molar-refractivity contribution < 1.29 is 99.5 Å². The zero-order chi connectivity index (χ0) is 45.1. The van der Waals surface area contributed by atoms with Crippen LogP contribution in [-0.2, 0) is 99.5 Å². The Hall–Kier alpha value is -0.840. The molecule has 0 fully saturated rings. The van der Waals surface area contributed by atoms with Gasteiger partial charge in [-0.3, -0.25) is 0 Å². The molecule has 0 bridgehead atoms. The van der Waals surface area contributed by atoms with Crippen LogP contribution in [0.3, 0.4) is 0 Å². The van der Waals surface area contributed by atoms with Crippen LogP contribution in [0, 0.1) is 0 Å². The molecule has 0 aromatic heterocycles. The van der Waals surface area contributed by atoms with Gasteiger partial charge in [0, 0.05) is 14.2 Å². The molecule has 0 aliphatic carbocycles.